The molecule has 1 saturated heterocycles. The first-order valence-electron chi connectivity index (χ1n) is 8.18. The Kier molecular flexibility index (Phi) is 4.85. The lowest BCUT2D eigenvalue weighted by atomic mass is 10.0. The number of β-amino-alcohol motifs (C(OH)–C–C–N with tert-alkyl or cyclic N) is 1. The van der Waals surface area contributed by atoms with Gasteiger partial charge in [-0.25, -0.2) is 0 Å². The average molecular weight is 315 g/mol. The van der Waals surface area contributed by atoms with Crippen LogP contribution in [0.5, 0.6) is 0 Å². The first-order chi connectivity index (χ1) is 11.0. The molecular formula is C19H25NO3. The van der Waals surface area contributed by atoms with E-state index >= 15 is 0 Å². The Balaban J connectivity index is 1.65. The van der Waals surface area contributed by atoms with Crippen LogP contribution in [0.3, 0.4) is 0 Å². The van der Waals surface area contributed by atoms with Gasteiger partial charge < -0.3 is 14.3 Å². The van der Waals surface area contributed by atoms with Gasteiger partial charge >= 0.3 is 0 Å². The molecule has 0 aliphatic carbocycles. The van der Waals surface area contributed by atoms with Gasteiger partial charge in [0.15, 0.2) is 0 Å². The van der Waals surface area contributed by atoms with E-state index in [1.54, 1.807) is 0 Å². The van der Waals surface area contributed by atoms with Crippen molar-refractivity contribution in [3.8, 4) is 0 Å². The third-order valence-electron chi connectivity index (χ3n) is 4.29. The van der Waals surface area contributed by atoms with E-state index in [4.69, 9.17) is 9.15 Å². The average Bonchev–Trinajstić information content (AvgIpc) is 2.93. The fraction of sp³-hybridized carbons (Fsp3) is 0.474. The maximum Gasteiger partial charge on any atom is 0.134 e. The summed E-state index contributed by atoms with van der Waals surface area (Å²) in [5.41, 5.74) is 3.36. The number of furan rings is 1. The van der Waals surface area contributed by atoms with Crippen molar-refractivity contribution < 1.29 is 14.3 Å². The monoisotopic (exact) mass is 315 g/mol. The Bertz CT molecular complexity index is 644. The van der Waals surface area contributed by atoms with E-state index in [9.17, 15) is 5.11 Å². The molecular weight excluding hydrogens is 290 g/mol. The Morgan fingerprint density at radius 2 is 1.91 bits per heavy atom. The van der Waals surface area contributed by atoms with E-state index in [2.05, 4.69) is 36.9 Å². The predicted molar refractivity (Wildman–Crippen MR) is 89.5 cm³/mol. The predicted octanol–water partition coefficient (Wildman–Crippen LogP) is 3.31. The number of hydrogen-bond donors (Lipinski definition) is 1. The van der Waals surface area contributed by atoms with Gasteiger partial charge in [0.25, 0.3) is 0 Å². The molecule has 0 bridgehead atoms. The molecule has 0 radical (unpaired) electrons. The molecule has 23 heavy (non-hydrogen) atoms. The zero-order valence-corrected chi connectivity index (χ0v) is 14.1. The first-order valence-corrected chi connectivity index (χ1v) is 8.18. The number of ether oxygens (including phenoxy) is 1. The van der Waals surface area contributed by atoms with E-state index in [1.165, 1.54) is 11.1 Å². The van der Waals surface area contributed by atoms with Crippen LogP contribution in [-0.4, -0.2) is 36.2 Å². The highest BCUT2D eigenvalue weighted by atomic mass is 16.5. The Morgan fingerprint density at radius 3 is 2.57 bits per heavy atom. The zero-order valence-electron chi connectivity index (χ0n) is 14.1. The highest BCUT2D eigenvalue weighted by Crippen LogP contribution is 2.26. The van der Waals surface area contributed by atoms with Crippen LogP contribution in [0.15, 0.2) is 34.7 Å². The normalized spacial score (nSPS) is 20.6. The topological polar surface area (TPSA) is 45.8 Å². The fourth-order valence-corrected chi connectivity index (χ4v) is 3.22. The molecule has 124 valence electrons. The Hall–Kier alpha value is -1.62. The minimum absolute atomic E-state index is 0.0519. The largest absolute Gasteiger partial charge is 0.464 e. The van der Waals surface area contributed by atoms with Crippen LogP contribution >= 0.6 is 0 Å². The molecule has 1 aromatic carbocycles. The minimum atomic E-state index is -0.481. The summed E-state index contributed by atoms with van der Waals surface area (Å²) in [6.45, 7) is 8.91. The number of aliphatic hydroxyl groups excluding tert-OH is 1. The molecule has 2 aromatic rings. The van der Waals surface area contributed by atoms with E-state index in [0.29, 0.717) is 13.2 Å². The second-order valence-corrected chi connectivity index (χ2v) is 6.50. The summed E-state index contributed by atoms with van der Waals surface area (Å²) in [6, 6.07) is 10.2. The summed E-state index contributed by atoms with van der Waals surface area (Å²) in [4.78, 5) is 2.24. The lowest BCUT2D eigenvalue weighted by Gasteiger charge is -2.33. The van der Waals surface area contributed by atoms with Crippen molar-refractivity contribution in [2.24, 2.45) is 0 Å². The summed E-state index contributed by atoms with van der Waals surface area (Å²) in [7, 11) is 0. The number of aliphatic hydroxyl groups is 1. The molecule has 3 rings (SSSR count). The maximum absolute atomic E-state index is 10.6. The van der Waals surface area contributed by atoms with E-state index in [-0.39, 0.29) is 6.10 Å². The molecule has 0 saturated carbocycles. The van der Waals surface area contributed by atoms with Gasteiger partial charge in [-0.2, -0.15) is 0 Å². The van der Waals surface area contributed by atoms with Gasteiger partial charge in [-0.05, 0) is 38.5 Å². The first kappa shape index (κ1) is 16.2. The smallest absolute Gasteiger partial charge is 0.134 e. The molecule has 2 atom stereocenters. The summed E-state index contributed by atoms with van der Waals surface area (Å²) < 4.78 is 11.5. The van der Waals surface area contributed by atoms with Crippen LogP contribution in [0.1, 0.15) is 40.4 Å². The van der Waals surface area contributed by atoms with Gasteiger partial charge in [0.2, 0.25) is 0 Å². The molecule has 1 fully saturated rings. The molecule has 0 spiro atoms. The van der Waals surface area contributed by atoms with Crippen LogP contribution in [0.2, 0.25) is 0 Å². The van der Waals surface area contributed by atoms with E-state index in [1.807, 2.05) is 19.1 Å². The Labute approximate surface area is 137 Å². The minimum Gasteiger partial charge on any atom is -0.464 e. The van der Waals surface area contributed by atoms with Gasteiger partial charge in [0.05, 0.1) is 12.7 Å². The van der Waals surface area contributed by atoms with Crippen molar-refractivity contribution in [2.75, 3.05) is 26.2 Å². The molecule has 1 aromatic heterocycles. The molecule has 2 heterocycles. The van der Waals surface area contributed by atoms with E-state index < -0.39 is 6.10 Å². The molecule has 2 unspecified atom stereocenters. The molecule has 0 amide bonds. The van der Waals surface area contributed by atoms with Crippen molar-refractivity contribution in [3.05, 3.63) is 58.5 Å². The summed E-state index contributed by atoms with van der Waals surface area (Å²) in [6.07, 6.45) is -0.533. The summed E-state index contributed by atoms with van der Waals surface area (Å²) >= 11 is 0. The van der Waals surface area contributed by atoms with Crippen molar-refractivity contribution in [3.63, 3.8) is 0 Å². The molecule has 1 N–H and O–H groups in total. The van der Waals surface area contributed by atoms with Crippen molar-refractivity contribution in [1.82, 2.24) is 4.90 Å². The van der Waals surface area contributed by atoms with Gasteiger partial charge in [-0.15, -0.1) is 0 Å². The van der Waals surface area contributed by atoms with Gasteiger partial charge in [-0.1, -0.05) is 29.3 Å². The highest BCUT2D eigenvalue weighted by molar-refractivity contribution is 5.30. The number of morpholine rings is 1. The number of hydrogen-bond acceptors (Lipinski definition) is 4. The molecule has 4 heteroatoms. The van der Waals surface area contributed by atoms with E-state index in [0.717, 1.165) is 30.2 Å². The molecule has 4 nitrogen and oxygen atoms in total. The molecule has 1 aliphatic rings. The number of rotatable bonds is 4. The summed E-state index contributed by atoms with van der Waals surface area (Å²) in [5, 5.41) is 10.6. The second-order valence-electron chi connectivity index (χ2n) is 6.50. The highest BCUT2D eigenvalue weighted by Gasteiger charge is 2.26. The second kappa shape index (κ2) is 6.87. The number of benzene rings is 1. The lowest BCUT2D eigenvalue weighted by molar-refractivity contribution is -0.0513. The van der Waals surface area contributed by atoms with Gasteiger partial charge in [0, 0.05) is 19.6 Å². The third-order valence-corrected chi connectivity index (χ3v) is 4.29. The molecule has 1 aliphatic heterocycles. The SMILES string of the molecule is Cc1cc(C)cc(C(O)CN2CCOC(c3ccc(C)o3)C2)c1. The number of nitrogens with zero attached hydrogens (tertiary/aromatic N) is 1. The quantitative estimate of drug-likeness (QED) is 0.940. The van der Waals surface area contributed by atoms with Crippen LogP contribution in [0, 0.1) is 20.8 Å². The standard InChI is InChI=1S/C19H25NO3/c1-13-8-14(2)10-16(9-13)17(21)11-20-6-7-22-19(12-20)18-5-4-15(3)23-18/h4-5,8-10,17,19,21H,6-7,11-12H2,1-3H3. The van der Waals surface area contributed by atoms with Crippen molar-refractivity contribution in [1.29, 1.82) is 0 Å². The van der Waals surface area contributed by atoms with Crippen LogP contribution in [0.4, 0.5) is 0 Å². The van der Waals surface area contributed by atoms with Gasteiger partial charge in [-0.3, -0.25) is 4.90 Å². The van der Waals surface area contributed by atoms with Crippen LogP contribution < -0.4 is 0 Å². The van der Waals surface area contributed by atoms with Crippen molar-refractivity contribution in [2.45, 2.75) is 33.0 Å². The van der Waals surface area contributed by atoms with Gasteiger partial charge in [0.1, 0.15) is 17.6 Å². The van der Waals surface area contributed by atoms with Crippen LogP contribution in [-0.2, 0) is 4.74 Å². The third kappa shape index (κ3) is 4.02. The summed E-state index contributed by atoms with van der Waals surface area (Å²) in [5.74, 6) is 1.77. The zero-order chi connectivity index (χ0) is 16.4. The lowest BCUT2D eigenvalue weighted by Crippen LogP contribution is -2.40. The maximum atomic E-state index is 10.6. The Morgan fingerprint density at radius 1 is 1.17 bits per heavy atom. The van der Waals surface area contributed by atoms with Crippen LogP contribution in [0.25, 0.3) is 0 Å². The van der Waals surface area contributed by atoms with Crippen molar-refractivity contribution >= 4 is 0 Å². The number of aryl methyl sites for hydroxylation is 3. The fourth-order valence-electron chi connectivity index (χ4n) is 3.22.